The van der Waals surface area contributed by atoms with Gasteiger partial charge in [0, 0.05) is 128 Å². The molecule has 5 aliphatic heterocycles. The SMILES string of the molecule is CN[C@@H](C)C(=O)N[C@H](C(=O)N1C[C@@H](NC(=O)CCC(=O)NCCN(C)[C@@H]2C[C@@H]3CN(CCC(=O)NCCCNc4cc(N5CCC6(CC5)CN(c5cc(F)c(CN7CCC(C)(C)CC7)cc5F)CC(=O)N6)ncn4)C[C@@H]3C2)C[C@H]1C(=O)N[C@H]1CCCc2ccccc21)C1CCCCC1. The predicted molar refractivity (Wildman–Crippen MR) is 373 cm³/mol. The largest absolute Gasteiger partial charge is 0.370 e. The predicted octanol–water partition coefficient (Wildman–Crippen LogP) is 5.15. The van der Waals surface area contributed by atoms with Crippen LogP contribution in [0, 0.1) is 34.8 Å². The van der Waals surface area contributed by atoms with Crippen LogP contribution in [-0.4, -0.2) is 212 Å². The van der Waals surface area contributed by atoms with Crippen molar-refractivity contribution in [3.8, 4) is 0 Å². The maximum atomic E-state index is 15.8. The Hall–Kier alpha value is -7.09. The first-order valence-electron chi connectivity index (χ1n) is 36.7. The number of nitrogens with zero attached hydrogens (tertiary/aromatic N) is 8. The van der Waals surface area contributed by atoms with E-state index in [0.29, 0.717) is 114 Å². The van der Waals surface area contributed by atoms with Gasteiger partial charge in [-0.25, -0.2) is 18.7 Å². The van der Waals surface area contributed by atoms with Crippen molar-refractivity contribution in [2.75, 3.05) is 121 Å². The van der Waals surface area contributed by atoms with E-state index in [9.17, 15) is 33.6 Å². The number of carbonyl (C=O) groups is 7. The zero-order chi connectivity index (χ0) is 69.1. The molecule has 1 spiro atoms. The summed E-state index contributed by atoms with van der Waals surface area (Å²) < 4.78 is 31.3. The van der Waals surface area contributed by atoms with Crippen LogP contribution in [0.2, 0.25) is 0 Å². The van der Waals surface area contributed by atoms with Crippen LogP contribution in [0.15, 0.2) is 48.8 Å². The van der Waals surface area contributed by atoms with Gasteiger partial charge < -0.3 is 67.0 Å². The molecule has 3 aliphatic carbocycles. The molecule has 0 unspecified atom stereocenters. The Morgan fingerprint density at radius 1 is 0.765 bits per heavy atom. The van der Waals surface area contributed by atoms with Crippen LogP contribution in [0.3, 0.4) is 0 Å². The van der Waals surface area contributed by atoms with Crippen LogP contribution >= 0.6 is 0 Å². The standard InChI is InChI=1S/C73H108F2N16O7/c1-48(76-4)69(96)84-68(50-14-7-6-8-15-50)71(98)91-44-54(38-61(91)70(97)83-59-18-11-16-49-13-9-10-17-56(49)59)82-66(94)20-19-64(92)79-28-34-86(5)55-35-51-41-88(42-52(51)36-55)29-21-65(93)78-27-12-26-77-62-40-63(81-47-80-62)89-32-24-73(25-33-89)46-90(45-67(95)85-73)60-39-57(74)53(37-58(60)75)43-87-30-22-72(2,3)23-31-87/h9-10,13,17,37,39-40,47-48,50-52,54-55,59,61,68,76H,6-8,11-12,14-16,18-36,38,41-46H2,1-5H3,(H,78,93)(H,79,92)(H,82,94)(H,83,97)(H,84,96)(H,85,95)(H,77,80,81)/t48-,51-,52+,54-,55-,59-,61-,68-/m0/s1. The van der Waals surface area contributed by atoms with Gasteiger partial charge >= 0.3 is 0 Å². The fraction of sp³-hybridized carbons (Fsp3) is 0.685. The van der Waals surface area contributed by atoms with E-state index in [1.807, 2.05) is 24.3 Å². The van der Waals surface area contributed by atoms with Crippen molar-refractivity contribution >= 4 is 58.7 Å². The van der Waals surface area contributed by atoms with Crippen molar-refractivity contribution in [3.05, 3.63) is 77.1 Å². The second-order valence-corrected chi connectivity index (χ2v) is 30.4. The first kappa shape index (κ1) is 72.2. The molecule has 11 rings (SSSR count). The number of piperidine rings is 2. The Bertz CT molecular complexity index is 3270. The lowest BCUT2D eigenvalue weighted by Gasteiger charge is -2.48. The second-order valence-electron chi connectivity index (χ2n) is 30.4. The fourth-order valence-corrected chi connectivity index (χ4v) is 16.7. The maximum absolute atomic E-state index is 15.8. The van der Waals surface area contributed by atoms with Gasteiger partial charge in [-0.2, -0.15) is 0 Å². The summed E-state index contributed by atoms with van der Waals surface area (Å²) in [5, 5.41) is 25.0. The molecular formula is C73H108F2N16O7. The number of rotatable bonds is 27. The Kier molecular flexibility index (Phi) is 24.3. The third-order valence-corrected chi connectivity index (χ3v) is 22.9. The van der Waals surface area contributed by atoms with E-state index in [2.05, 4.69) is 99.1 Å². The normalized spacial score (nSPS) is 24.7. The van der Waals surface area contributed by atoms with E-state index in [-0.39, 0.29) is 96.8 Å². The van der Waals surface area contributed by atoms with Crippen LogP contribution in [0.1, 0.15) is 159 Å². The molecule has 1 aromatic heterocycles. The quantitative estimate of drug-likeness (QED) is 0.0459. The molecular weight excluding hydrogens is 1250 g/mol. The van der Waals surface area contributed by atoms with Gasteiger partial charge in [0.15, 0.2) is 0 Å². The molecule has 8 N–H and O–H groups in total. The van der Waals surface area contributed by atoms with E-state index < -0.39 is 41.3 Å². The van der Waals surface area contributed by atoms with Crippen molar-refractivity contribution in [1.82, 2.24) is 66.8 Å². The van der Waals surface area contributed by atoms with Crippen molar-refractivity contribution in [2.24, 2.45) is 23.2 Å². The highest BCUT2D eigenvalue weighted by atomic mass is 19.1. The van der Waals surface area contributed by atoms with Gasteiger partial charge in [-0.1, -0.05) is 57.4 Å². The number of fused-ring (bicyclic) bond motifs is 2. The number of anilines is 3. The molecule has 98 heavy (non-hydrogen) atoms. The number of nitrogens with one attached hydrogen (secondary N) is 8. The van der Waals surface area contributed by atoms with Crippen molar-refractivity contribution in [1.29, 1.82) is 0 Å². The van der Waals surface area contributed by atoms with Crippen LogP contribution in [0.4, 0.5) is 26.1 Å². The molecule has 5 saturated heterocycles. The number of aromatic nitrogens is 2. The first-order chi connectivity index (χ1) is 47.2. The van der Waals surface area contributed by atoms with Crippen LogP contribution in [0.5, 0.6) is 0 Å². The summed E-state index contributed by atoms with van der Waals surface area (Å²) in [7, 11) is 3.80. The van der Waals surface area contributed by atoms with Gasteiger partial charge in [-0.3, -0.25) is 38.5 Å². The topological polar surface area (TPSA) is 261 Å². The number of hydrogen-bond donors (Lipinski definition) is 8. The minimum Gasteiger partial charge on any atom is -0.370 e. The number of aryl methyl sites for hydroxylation is 1. The molecule has 6 heterocycles. The zero-order valence-corrected chi connectivity index (χ0v) is 58.5. The molecule has 8 atom stereocenters. The van der Waals surface area contributed by atoms with E-state index in [1.54, 1.807) is 23.8 Å². The van der Waals surface area contributed by atoms with Gasteiger partial charge in [0.25, 0.3) is 0 Å². The minimum absolute atomic E-state index is 0.00136. The number of benzene rings is 2. The third kappa shape index (κ3) is 18.7. The molecule has 2 aromatic carbocycles. The fourth-order valence-electron chi connectivity index (χ4n) is 16.7. The Balaban J connectivity index is 0.550. The smallest absolute Gasteiger partial charge is 0.246 e. The molecule has 536 valence electrons. The van der Waals surface area contributed by atoms with Crippen LogP contribution < -0.4 is 52.3 Å². The van der Waals surface area contributed by atoms with Crippen LogP contribution in [0.25, 0.3) is 0 Å². The molecule has 23 nitrogen and oxygen atoms in total. The van der Waals surface area contributed by atoms with Gasteiger partial charge in [0.2, 0.25) is 41.4 Å². The lowest BCUT2D eigenvalue weighted by molar-refractivity contribution is -0.143. The highest BCUT2D eigenvalue weighted by molar-refractivity contribution is 5.94. The zero-order valence-electron chi connectivity index (χ0n) is 58.5. The molecule has 0 bridgehead atoms. The minimum atomic E-state index is -0.854. The molecule has 25 heteroatoms. The molecule has 2 saturated carbocycles. The van der Waals surface area contributed by atoms with Gasteiger partial charge in [-0.15, -0.1) is 0 Å². The van der Waals surface area contributed by atoms with Crippen molar-refractivity contribution < 1.29 is 42.3 Å². The second kappa shape index (κ2) is 32.9. The highest BCUT2D eigenvalue weighted by Crippen LogP contribution is 2.41. The molecule has 8 aliphatic rings. The third-order valence-electron chi connectivity index (χ3n) is 22.9. The summed E-state index contributed by atoms with van der Waals surface area (Å²) >= 11 is 0. The monoisotopic (exact) mass is 1360 g/mol. The maximum Gasteiger partial charge on any atom is 0.246 e. The molecule has 7 fully saturated rings. The lowest BCUT2D eigenvalue weighted by Crippen LogP contribution is -2.66. The Morgan fingerprint density at radius 2 is 1.49 bits per heavy atom. The number of halogens is 2. The number of likely N-dealkylation sites (N-methyl/N-ethyl adjacent to an activating group) is 2. The summed E-state index contributed by atoms with van der Waals surface area (Å²) in [6, 6.07) is 10.1. The lowest BCUT2D eigenvalue weighted by atomic mass is 9.82. The van der Waals surface area contributed by atoms with Crippen molar-refractivity contribution in [2.45, 2.75) is 191 Å². The van der Waals surface area contributed by atoms with Gasteiger partial charge in [0.05, 0.1) is 29.9 Å². The van der Waals surface area contributed by atoms with Gasteiger partial charge in [0.1, 0.15) is 41.7 Å². The Labute approximate surface area is 577 Å². The summed E-state index contributed by atoms with van der Waals surface area (Å²) in [6.07, 6.45) is 15.4. The Morgan fingerprint density at radius 3 is 2.24 bits per heavy atom. The number of piperazine rings is 1. The average molecular weight is 1360 g/mol. The molecule has 3 aromatic rings. The average Bonchev–Trinajstić information content (AvgIpc) is 0.936. The molecule has 0 radical (unpaired) electrons. The van der Waals surface area contributed by atoms with Gasteiger partial charge in [-0.05, 0) is 158 Å². The number of carbonyl (C=O) groups excluding carboxylic acids is 7. The van der Waals surface area contributed by atoms with E-state index >= 15 is 8.78 Å². The van der Waals surface area contributed by atoms with E-state index in [4.69, 9.17) is 0 Å². The summed E-state index contributed by atoms with van der Waals surface area (Å²) in [4.78, 5) is 117. The summed E-state index contributed by atoms with van der Waals surface area (Å²) in [6.45, 7) is 14.8. The first-order valence-corrected chi connectivity index (χ1v) is 36.7. The highest BCUT2D eigenvalue weighted by Gasteiger charge is 2.47. The summed E-state index contributed by atoms with van der Waals surface area (Å²) in [5.74, 6) is -0.0783. The number of likely N-dealkylation sites (tertiary alicyclic amines) is 3. The van der Waals surface area contributed by atoms with Crippen molar-refractivity contribution in [3.63, 3.8) is 0 Å². The number of amides is 7. The number of hydrogen-bond acceptors (Lipinski definition) is 16. The summed E-state index contributed by atoms with van der Waals surface area (Å²) in [5.41, 5.74) is 2.41. The van der Waals surface area contributed by atoms with Crippen LogP contribution in [-0.2, 0) is 46.5 Å². The van der Waals surface area contributed by atoms with E-state index in [0.717, 1.165) is 115 Å². The van der Waals surface area contributed by atoms with E-state index in [1.165, 1.54) is 24.0 Å². The molecule has 7 amide bonds.